The first-order valence-corrected chi connectivity index (χ1v) is 8.47. The van der Waals surface area contributed by atoms with E-state index >= 15 is 0 Å². The van der Waals surface area contributed by atoms with Crippen molar-refractivity contribution in [3.8, 4) is 11.5 Å². The van der Waals surface area contributed by atoms with Crippen LogP contribution in [0.3, 0.4) is 0 Å². The average Bonchev–Trinajstić information content (AvgIpc) is 2.61. The zero-order valence-electron chi connectivity index (χ0n) is 15.4. The Labute approximate surface area is 153 Å². The number of Topliss-reactive ketones (excluding diaryl/α,β-unsaturated/α-hetero) is 2. The molecule has 2 aromatic rings. The molecule has 1 atom stereocenters. The number of rotatable bonds is 7. The summed E-state index contributed by atoms with van der Waals surface area (Å²) in [6, 6.07) is 13.0. The highest BCUT2D eigenvalue weighted by Gasteiger charge is 2.29. The fourth-order valence-corrected chi connectivity index (χ4v) is 2.31. The Kier molecular flexibility index (Phi) is 5.64. The van der Waals surface area contributed by atoms with Gasteiger partial charge >= 0.3 is 0 Å². The number of ether oxygens (including phenoxy) is 1. The fraction of sp³-hybridized carbons (Fsp3) is 0.333. The van der Waals surface area contributed by atoms with Crippen molar-refractivity contribution in [3.63, 3.8) is 0 Å². The first kappa shape index (κ1) is 19.8. The highest BCUT2D eigenvalue weighted by Crippen LogP contribution is 2.25. The lowest BCUT2D eigenvalue weighted by Gasteiger charge is -2.19. The third-order valence-corrected chi connectivity index (χ3v) is 4.20. The molecular formula is C21H24O5. The lowest BCUT2D eigenvalue weighted by molar-refractivity contribution is 0.0390. The van der Waals surface area contributed by atoms with E-state index in [-0.39, 0.29) is 11.6 Å². The van der Waals surface area contributed by atoms with Crippen LogP contribution >= 0.6 is 0 Å². The lowest BCUT2D eigenvalue weighted by Crippen LogP contribution is -2.34. The van der Waals surface area contributed by atoms with E-state index in [4.69, 9.17) is 4.74 Å². The van der Waals surface area contributed by atoms with E-state index in [0.717, 1.165) is 0 Å². The second-order valence-electron chi connectivity index (χ2n) is 7.00. The van der Waals surface area contributed by atoms with Crippen LogP contribution in [0.5, 0.6) is 11.5 Å². The van der Waals surface area contributed by atoms with Crippen LogP contribution in [0.2, 0.25) is 0 Å². The molecule has 0 aliphatic rings. The van der Waals surface area contributed by atoms with Crippen LogP contribution in [0.1, 0.15) is 54.8 Å². The molecule has 0 aliphatic heterocycles. The molecule has 0 aromatic heterocycles. The van der Waals surface area contributed by atoms with Gasteiger partial charge in [-0.2, -0.15) is 0 Å². The third kappa shape index (κ3) is 4.56. The number of ketones is 2. The molecule has 26 heavy (non-hydrogen) atoms. The number of hydrogen-bond donors (Lipinski definition) is 2. The van der Waals surface area contributed by atoms with Crippen molar-refractivity contribution in [1.29, 1.82) is 0 Å². The van der Waals surface area contributed by atoms with Gasteiger partial charge in [-0.05, 0) is 75.7 Å². The predicted molar refractivity (Wildman–Crippen MR) is 98.8 cm³/mol. The minimum absolute atomic E-state index is 0.332. The van der Waals surface area contributed by atoms with Crippen LogP contribution in [0.25, 0.3) is 0 Å². The van der Waals surface area contributed by atoms with Crippen LogP contribution in [-0.4, -0.2) is 33.0 Å². The van der Waals surface area contributed by atoms with Gasteiger partial charge in [0.05, 0.1) is 0 Å². The van der Waals surface area contributed by atoms with Crippen LogP contribution < -0.4 is 4.74 Å². The van der Waals surface area contributed by atoms with E-state index in [1.807, 2.05) is 0 Å². The molecule has 5 nitrogen and oxygen atoms in total. The summed E-state index contributed by atoms with van der Waals surface area (Å²) in [5.41, 5.74) is -2.00. The predicted octanol–water partition coefficient (Wildman–Crippen LogP) is 3.78. The van der Waals surface area contributed by atoms with E-state index in [1.54, 1.807) is 55.5 Å². The first-order valence-electron chi connectivity index (χ1n) is 8.47. The van der Waals surface area contributed by atoms with Gasteiger partial charge in [-0.3, -0.25) is 9.59 Å². The van der Waals surface area contributed by atoms with Crippen molar-refractivity contribution in [1.82, 2.24) is 0 Å². The second-order valence-corrected chi connectivity index (χ2v) is 7.00. The molecular weight excluding hydrogens is 332 g/mol. The quantitative estimate of drug-likeness (QED) is 0.738. The molecule has 0 amide bonds. The van der Waals surface area contributed by atoms with E-state index in [0.29, 0.717) is 29.0 Å². The molecule has 2 aromatic carbocycles. The molecule has 0 radical (unpaired) electrons. The smallest absolute Gasteiger partial charge is 0.194 e. The van der Waals surface area contributed by atoms with Crippen molar-refractivity contribution in [3.05, 3.63) is 59.7 Å². The molecule has 0 spiro atoms. The van der Waals surface area contributed by atoms with Crippen molar-refractivity contribution < 1.29 is 24.5 Å². The van der Waals surface area contributed by atoms with Crippen LogP contribution in [0.15, 0.2) is 48.5 Å². The zero-order valence-corrected chi connectivity index (χ0v) is 15.4. The standard InChI is InChI=1S/C21H24O5/c1-5-21(4,25)19(23)15-8-12-17(13-9-15)26-16-10-6-14(7-11-16)18(22)20(2,3)24/h6-13,24-25H,5H2,1-4H3. The van der Waals surface area contributed by atoms with E-state index < -0.39 is 11.2 Å². The summed E-state index contributed by atoms with van der Waals surface area (Å²) in [6.07, 6.45) is 0.333. The van der Waals surface area contributed by atoms with E-state index in [9.17, 15) is 19.8 Å². The second kappa shape index (κ2) is 7.40. The number of hydrogen-bond acceptors (Lipinski definition) is 5. The van der Waals surface area contributed by atoms with Gasteiger partial charge in [0, 0.05) is 11.1 Å². The van der Waals surface area contributed by atoms with Gasteiger partial charge in [-0.15, -0.1) is 0 Å². The van der Waals surface area contributed by atoms with Gasteiger partial charge in [-0.25, -0.2) is 0 Å². The Hall–Kier alpha value is -2.50. The Morgan fingerprint density at radius 3 is 1.54 bits per heavy atom. The minimum Gasteiger partial charge on any atom is -0.457 e. The summed E-state index contributed by atoms with van der Waals surface area (Å²) >= 11 is 0. The number of aliphatic hydroxyl groups is 2. The molecule has 0 heterocycles. The van der Waals surface area contributed by atoms with Gasteiger partial charge in [-0.1, -0.05) is 6.92 Å². The topological polar surface area (TPSA) is 83.8 Å². The summed E-state index contributed by atoms with van der Waals surface area (Å²) in [7, 11) is 0. The minimum atomic E-state index is -1.43. The van der Waals surface area contributed by atoms with Gasteiger partial charge < -0.3 is 14.9 Å². The van der Waals surface area contributed by atoms with Gasteiger partial charge in [0.1, 0.15) is 22.7 Å². The van der Waals surface area contributed by atoms with Crippen LogP contribution in [0.4, 0.5) is 0 Å². The summed E-state index contributed by atoms with van der Waals surface area (Å²) in [4.78, 5) is 24.2. The molecule has 0 fully saturated rings. The van der Waals surface area contributed by atoms with Crippen LogP contribution in [0, 0.1) is 0 Å². The zero-order chi connectivity index (χ0) is 19.5. The average molecular weight is 356 g/mol. The Morgan fingerprint density at radius 1 is 0.808 bits per heavy atom. The molecule has 5 heteroatoms. The molecule has 0 saturated carbocycles. The molecule has 138 valence electrons. The Balaban J connectivity index is 2.10. The van der Waals surface area contributed by atoms with E-state index in [1.165, 1.54) is 20.8 Å². The van der Waals surface area contributed by atoms with Crippen molar-refractivity contribution in [2.45, 2.75) is 45.3 Å². The largest absolute Gasteiger partial charge is 0.457 e. The highest BCUT2D eigenvalue weighted by atomic mass is 16.5. The fourth-order valence-electron chi connectivity index (χ4n) is 2.31. The molecule has 1 unspecified atom stereocenters. The maximum atomic E-state index is 12.2. The van der Waals surface area contributed by atoms with Crippen molar-refractivity contribution in [2.24, 2.45) is 0 Å². The normalized spacial score (nSPS) is 13.8. The Bertz CT molecular complexity index is 781. The molecule has 0 bridgehead atoms. The molecule has 2 rings (SSSR count). The number of carbonyl (C=O) groups excluding carboxylic acids is 2. The maximum absolute atomic E-state index is 12.2. The molecule has 2 N–H and O–H groups in total. The maximum Gasteiger partial charge on any atom is 0.194 e. The SMILES string of the molecule is CCC(C)(O)C(=O)c1ccc(Oc2ccc(C(=O)C(C)(C)O)cc2)cc1. The number of benzene rings is 2. The van der Waals surface area contributed by atoms with Gasteiger partial charge in [0.15, 0.2) is 11.6 Å². The summed E-state index contributed by atoms with van der Waals surface area (Å²) in [5, 5.41) is 19.8. The van der Waals surface area contributed by atoms with Crippen molar-refractivity contribution in [2.75, 3.05) is 0 Å². The number of carbonyl (C=O) groups is 2. The monoisotopic (exact) mass is 356 g/mol. The Morgan fingerprint density at radius 2 is 1.19 bits per heavy atom. The van der Waals surface area contributed by atoms with Crippen molar-refractivity contribution >= 4 is 11.6 Å². The summed E-state index contributed by atoms with van der Waals surface area (Å²) in [5.74, 6) is 0.354. The lowest BCUT2D eigenvalue weighted by atomic mass is 9.92. The van der Waals surface area contributed by atoms with Gasteiger partial charge in [0.2, 0.25) is 0 Å². The molecule has 0 saturated heterocycles. The van der Waals surface area contributed by atoms with Crippen LogP contribution in [-0.2, 0) is 0 Å². The third-order valence-electron chi connectivity index (χ3n) is 4.20. The molecule has 0 aliphatic carbocycles. The summed E-state index contributed by atoms with van der Waals surface area (Å²) in [6.45, 7) is 6.13. The summed E-state index contributed by atoms with van der Waals surface area (Å²) < 4.78 is 5.70. The van der Waals surface area contributed by atoms with Gasteiger partial charge in [0.25, 0.3) is 0 Å². The first-order chi connectivity index (χ1) is 12.0. The highest BCUT2D eigenvalue weighted by molar-refractivity contribution is 6.02. The van der Waals surface area contributed by atoms with E-state index in [2.05, 4.69) is 0 Å².